The Hall–Kier alpha value is -2.08. The van der Waals surface area contributed by atoms with Gasteiger partial charge in [0.2, 0.25) is 5.91 Å². The number of amides is 1. The molecule has 2 fully saturated rings. The van der Waals surface area contributed by atoms with Crippen LogP contribution in [0.4, 0.5) is 0 Å². The van der Waals surface area contributed by atoms with Crippen molar-refractivity contribution in [2.24, 2.45) is 5.92 Å². The van der Waals surface area contributed by atoms with Crippen LogP contribution in [0.2, 0.25) is 0 Å². The lowest BCUT2D eigenvalue weighted by molar-refractivity contribution is -0.146. The van der Waals surface area contributed by atoms with E-state index in [0.717, 1.165) is 31.8 Å². The van der Waals surface area contributed by atoms with E-state index >= 15 is 0 Å². The number of likely N-dealkylation sites (tertiary alicyclic amines) is 2. The second-order valence-electron chi connectivity index (χ2n) is 7.30. The fraction of sp³-hybridized carbons (Fsp3) is 0.600. The Kier molecular flexibility index (Phi) is 5.51. The minimum Gasteiger partial charge on any atom is -0.492 e. The molecule has 0 aromatic heterocycles. The third-order valence-corrected chi connectivity index (χ3v) is 6.11. The van der Waals surface area contributed by atoms with Crippen molar-refractivity contribution in [3.8, 4) is 5.75 Å². The van der Waals surface area contributed by atoms with Crippen molar-refractivity contribution in [1.29, 1.82) is 0 Å². The highest BCUT2D eigenvalue weighted by Crippen LogP contribution is 2.42. The highest BCUT2D eigenvalue weighted by atomic mass is 16.5. The van der Waals surface area contributed by atoms with Gasteiger partial charge in [0.25, 0.3) is 0 Å². The van der Waals surface area contributed by atoms with Crippen molar-refractivity contribution in [1.82, 2.24) is 9.80 Å². The zero-order valence-corrected chi connectivity index (χ0v) is 15.6. The van der Waals surface area contributed by atoms with Crippen molar-refractivity contribution in [3.63, 3.8) is 0 Å². The molecule has 1 atom stereocenters. The van der Waals surface area contributed by atoms with E-state index in [1.54, 1.807) is 11.9 Å². The first-order valence-corrected chi connectivity index (χ1v) is 9.40. The first kappa shape index (κ1) is 18.7. The zero-order valence-electron chi connectivity index (χ0n) is 15.6. The molecule has 142 valence electrons. The molecule has 0 aliphatic carbocycles. The Morgan fingerprint density at radius 2 is 2.00 bits per heavy atom. The quantitative estimate of drug-likeness (QED) is 0.841. The summed E-state index contributed by atoms with van der Waals surface area (Å²) in [5.41, 5.74) is 0.690. The van der Waals surface area contributed by atoms with Gasteiger partial charge in [-0.3, -0.25) is 14.5 Å². The Labute approximate surface area is 154 Å². The number of carboxylic acid groups (broad SMARTS) is 1. The number of aliphatic carboxylic acids is 1. The summed E-state index contributed by atoms with van der Waals surface area (Å²) >= 11 is 0. The summed E-state index contributed by atoms with van der Waals surface area (Å²) in [5, 5.41) is 9.54. The fourth-order valence-electron chi connectivity index (χ4n) is 4.37. The molecule has 26 heavy (non-hydrogen) atoms. The molecule has 0 saturated carbocycles. The standard InChI is InChI=1S/C20H28N2O4/c1-3-15-6-4-5-7-17(15)26-13-12-22-10-8-20(9-11-22)16(19(24)25)14-18(23)21(20)2/h4-7,16H,3,8-14H2,1-2H3,(H,24,25). The van der Waals surface area contributed by atoms with Crippen LogP contribution in [-0.2, 0) is 16.0 Å². The van der Waals surface area contributed by atoms with E-state index in [2.05, 4.69) is 17.9 Å². The Bertz CT molecular complexity index is 668. The van der Waals surface area contributed by atoms with Crippen molar-refractivity contribution in [3.05, 3.63) is 29.8 Å². The summed E-state index contributed by atoms with van der Waals surface area (Å²) in [6.45, 7) is 5.12. The van der Waals surface area contributed by atoms with Crippen LogP contribution in [0.1, 0.15) is 31.7 Å². The van der Waals surface area contributed by atoms with Crippen molar-refractivity contribution >= 4 is 11.9 Å². The molecule has 1 aromatic carbocycles. The Morgan fingerprint density at radius 1 is 1.31 bits per heavy atom. The fourth-order valence-corrected chi connectivity index (χ4v) is 4.37. The van der Waals surface area contributed by atoms with Gasteiger partial charge in [-0.1, -0.05) is 25.1 Å². The van der Waals surface area contributed by atoms with Crippen molar-refractivity contribution < 1.29 is 19.4 Å². The van der Waals surface area contributed by atoms with Gasteiger partial charge >= 0.3 is 5.97 Å². The van der Waals surface area contributed by atoms with Gasteiger partial charge in [0.15, 0.2) is 0 Å². The summed E-state index contributed by atoms with van der Waals surface area (Å²) in [6, 6.07) is 8.09. The summed E-state index contributed by atoms with van der Waals surface area (Å²) in [7, 11) is 1.76. The number of rotatable bonds is 6. The first-order chi connectivity index (χ1) is 12.5. The molecule has 6 nitrogen and oxygen atoms in total. The number of hydrogen-bond donors (Lipinski definition) is 1. The van der Waals surface area contributed by atoms with E-state index in [4.69, 9.17) is 4.74 Å². The molecule has 1 spiro atoms. The molecule has 2 saturated heterocycles. The van der Waals surface area contributed by atoms with E-state index < -0.39 is 17.4 Å². The smallest absolute Gasteiger partial charge is 0.309 e. The number of carbonyl (C=O) groups excluding carboxylic acids is 1. The Morgan fingerprint density at radius 3 is 2.65 bits per heavy atom. The zero-order chi connectivity index (χ0) is 18.7. The van der Waals surface area contributed by atoms with Crippen LogP contribution in [0.15, 0.2) is 24.3 Å². The van der Waals surface area contributed by atoms with Crippen LogP contribution in [0.5, 0.6) is 5.75 Å². The lowest BCUT2D eigenvalue weighted by Gasteiger charge is -2.45. The van der Waals surface area contributed by atoms with Gasteiger partial charge < -0.3 is 14.7 Å². The predicted octanol–water partition coefficient (Wildman–Crippen LogP) is 2.03. The van der Waals surface area contributed by atoms with Gasteiger partial charge in [0, 0.05) is 33.1 Å². The molecule has 2 aliphatic heterocycles. The molecular formula is C20H28N2O4. The molecule has 3 rings (SSSR count). The molecule has 2 aliphatic rings. The number of para-hydroxylation sites is 1. The van der Waals surface area contributed by atoms with E-state index in [1.165, 1.54) is 5.56 Å². The summed E-state index contributed by atoms with van der Waals surface area (Å²) in [5.74, 6) is -0.550. The van der Waals surface area contributed by atoms with E-state index in [0.29, 0.717) is 19.4 Å². The molecule has 6 heteroatoms. The number of benzene rings is 1. The van der Waals surface area contributed by atoms with Crippen LogP contribution < -0.4 is 4.74 Å². The molecule has 0 radical (unpaired) electrons. The van der Waals surface area contributed by atoms with Crippen LogP contribution in [0, 0.1) is 5.92 Å². The Balaban J connectivity index is 1.54. The van der Waals surface area contributed by atoms with Gasteiger partial charge in [-0.25, -0.2) is 0 Å². The SMILES string of the molecule is CCc1ccccc1OCCN1CCC2(CC1)C(C(=O)O)CC(=O)N2C. The third-order valence-electron chi connectivity index (χ3n) is 6.11. The van der Waals surface area contributed by atoms with E-state index in [1.807, 2.05) is 18.2 Å². The maximum atomic E-state index is 12.1. The van der Waals surface area contributed by atoms with Crippen LogP contribution in [0.25, 0.3) is 0 Å². The monoisotopic (exact) mass is 360 g/mol. The highest BCUT2D eigenvalue weighted by Gasteiger charge is 2.55. The number of piperidine rings is 1. The number of ether oxygens (including phenoxy) is 1. The minimum absolute atomic E-state index is 0.0506. The molecule has 1 N–H and O–H groups in total. The van der Waals surface area contributed by atoms with Gasteiger partial charge in [-0.2, -0.15) is 0 Å². The summed E-state index contributed by atoms with van der Waals surface area (Å²) in [6.07, 6.45) is 2.48. The average Bonchev–Trinajstić information content (AvgIpc) is 2.89. The largest absolute Gasteiger partial charge is 0.492 e. The number of aryl methyl sites for hydroxylation is 1. The number of carboxylic acids is 1. The minimum atomic E-state index is -0.851. The average molecular weight is 360 g/mol. The van der Waals surface area contributed by atoms with Gasteiger partial charge in [0.1, 0.15) is 12.4 Å². The molecule has 1 amide bonds. The molecule has 1 unspecified atom stereocenters. The molecule has 1 aromatic rings. The second kappa shape index (κ2) is 7.66. The van der Waals surface area contributed by atoms with Crippen LogP contribution >= 0.6 is 0 Å². The maximum absolute atomic E-state index is 12.1. The first-order valence-electron chi connectivity index (χ1n) is 9.40. The van der Waals surface area contributed by atoms with Gasteiger partial charge in [-0.05, 0) is 30.9 Å². The second-order valence-corrected chi connectivity index (χ2v) is 7.30. The van der Waals surface area contributed by atoms with Crippen molar-refractivity contribution in [2.75, 3.05) is 33.3 Å². The summed E-state index contributed by atoms with van der Waals surface area (Å²) in [4.78, 5) is 27.7. The topological polar surface area (TPSA) is 70.1 Å². The van der Waals surface area contributed by atoms with Crippen molar-refractivity contribution in [2.45, 2.75) is 38.1 Å². The van der Waals surface area contributed by atoms with Crippen LogP contribution in [0.3, 0.4) is 0 Å². The highest BCUT2D eigenvalue weighted by molar-refractivity contribution is 5.88. The molecule has 0 bridgehead atoms. The predicted molar refractivity (Wildman–Crippen MR) is 98.2 cm³/mol. The van der Waals surface area contributed by atoms with Crippen LogP contribution in [-0.4, -0.2) is 65.6 Å². The van der Waals surface area contributed by atoms with E-state index in [9.17, 15) is 14.7 Å². The lowest BCUT2D eigenvalue weighted by Crippen LogP contribution is -2.56. The third kappa shape index (κ3) is 3.43. The molecular weight excluding hydrogens is 332 g/mol. The summed E-state index contributed by atoms with van der Waals surface area (Å²) < 4.78 is 5.94. The number of hydrogen-bond acceptors (Lipinski definition) is 4. The van der Waals surface area contributed by atoms with Gasteiger partial charge in [-0.15, -0.1) is 0 Å². The normalized spacial score (nSPS) is 22.8. The number of nitrogens with zero attached hydrogens (tertiary/aromatic N) is 2. The van der Waals surface area contributed by atoms with E-state index in [-0.39, 0.29) is 12.3 Å². The lowest BCUT2D eigenvalue weighted by atomic mass is 9.77. The maximum Gasteiger partial charge on any atom is 0.309 e. The number of carbonyl (C=O) groups is 2. The molecule has 2 heterocycles. The van der Waals surface area contributed by atoms with Gasteiger partial charge in [0.05, 0.1) is 11.5 Å².